The van der Waals surface area contributed by atoms with Gasteiger partial charge in [-0.2, -0.15) is 0 Å². The Hall–Kier alpha value is -3.17. The van der Waals surface area contributed by atoms with Gasteiger partial charge >= 0.3 is 0 Å². The zero-order chi connectivity index (χ0) is 22.4. The van der Waals surface area contributed by atoms with Crippen LogP contribution >= 0.6 is 11.8 Å². The molecule has 0 aliphatic carbocycles. The van der Waals surface area contributed by atoms with Crippen LogP contribution in [-0.2, 0) is 14.8 Å². The number of anilines is 2. The SMILES string of the molecule is Cc1cc(C)nc(Sc2ccc(NC(=O)/C=C/c3ccc(NS(C)(=O)=O)cc3)cc2)n1. The highest BCUT2D eigenvalue weighted by Gasteiger charge is 2.04. The van der Waals surface area contributed by atoms with Gasteiger partial charge in [-0.05, 0) is 79.7 Å². The summed E-state index contributed by atoms with van der Waals surface area (Å²) in [6.45, 7) is 3.87. The molecule has 7 nitrogen and oxygen atoms in total. The van der Waals surface area contributed by atoms with Gasteiger partial charge in [0.1, 0.15) is 0 Å². The maximum Gasteiger partial charge on any atom is 0.248 e. The number of hydrogen-bond acceptors (Lipinski definition) is 6. The number of nitrogens with zero attached hydrogens (tertiary/aromatic N) is 2. The zero-order valence-corrected chi connectivity index (χ0v) is 18.9. The Morgan fingerprint density at radius 1 is 0.935 bits per heavy atom. The van der Waals surface area contributed by atoms with E-state index in [9.17, 15) is 13.2 Å². The number of aryl methyl sites for hydroxylation is 2. The maximum absolute atomic E-state index is 12.2. The fraction of sp³-hybridized carbons (Fsp3) is 0.136. The van der Waals surface area contributed by atoms with E-state index in [1.807, 2.05) is 44.2 Å². The lowest BCUT2D eigenvalue weighted by molar-refractivity contribution is -0.111. The molecular formula is C22H22N4O3S2. The van der Waals surface area contributed by atoms with E-state index in [2.05, 4.69) is 20.0 Å². The summed E-state index contributed by atoms with van der Waals surface area (Å²) in [4.78, 5) is 22.0. The molecule has 2 aromatic carbocycles. The van der Waals surface area contributed by atoms with E-state index in [0.717, 1.165) is 28.1 Å². The molecule has 160 valence electrons. The molecule has 3 rings (SSSR count). The van der Waals surface area contributed by atoms with Crippen LogP contribution in [-0.4, -0.2) is 30.5 Å². The third-order valence-electron chi connectivity index (χ3n) is 3.93. The topological polar surface area (TPSA) is 101 Å². The lowest BCUT2D eigenvalue weighted by Gasteiger charge is -2.05. The molecular weight excluding hydrogens is 432 g/mol. The second-order valence-corrected chi connectivity index (χ2v) is 9.67. The Kier molecular flexibility index (Phi) is 7.09. The Labute approximate surface area is 186 Å². The van der Waals surface area contributed by atoms with Crippen molar-refractivity contribution in [2.45, 2.75) is 23.9 Å². The largest absolute Gasteiger partial charge is 0.323 e. The summed E-state index contributed by atoms with van der Waals surface area (Å²) >= 11 is 1.46. The average Bonchev–Trinajstić information content (AvgIpc) is 2.67. The molecule has 1 aromatic heterocycles. The highest BCUT2D eigenvalue weighted by Crippen LogP contribution is 2.26. The molecule has 1 amide bonds. The fourth-order valence-electron chi connectivity index (χ4n) is 2.68. The molecule has 1 heterocycles. The van der Waals surface area contributed by atoms with Gasteiger partial charge in [-0.25, -0.2) is 18.4 Å². The van der Waals surface area contributed by atoms with Crippen molar-refractivity contribution in [3.05, 3.63) is 77.6 Å². The molecule has 0 atom stereocenters. The van der Waals surface area contributed by atoms with Gasteiger partial charge in [0, 0.05) is 33.7 Å². The number of nitrogens with one attached hydrogen (secondary N) is 2. The summed E-state index contributed by atoms with van der Waals surface area (Å²) in [6, 6.07) is 16.1. The molecule has 31 heavy (non-hydrogen) atoms. The van der Waals surface area contributed by atoms with E-state index in [0.29, 0.717) is 16.5 Å². The normalized spacial score (nSPS) is 11.5. The Morgan fingerprint density at radius 3 is 2.10 bits per heavy atom. The van der Waals surface area contributed by atoms with Crippen molar-refractivity contribution >= 4 is 45.1 Å². The molecule has 0 radical (unpaired) electrons. The van der Waals surface area contributed by atoms with Gasteiger partial charge in [-0.1, -0.05) is 12.1 Å². The van der Waals surface area contributed by atoms with Crippen LogP contribution in [0.15, 0.2) is 70.7 Å². The fourth-order valence-corrected chi connectivity index (χ4v) is 4.11. The molecule has 0 saturated heterocycles. The summed E-state index contributed by atoms with van der Waals surface area (Å²) in [5, 5.41) is 3.50. The predicted octanol–water partition coefficient (Wildman–Crippen LogP) is 4.27. The van der Waals surface area contributed by atoms with E-state index in [1.165, 1.54) is 17.8 Å². The first-order valence-electron chi connectivity index (χ1n) is 9.33. The van der Waals surface area contributed by atoms with Crippen molar-refractivity contribution in [1.82, 2.24) is 9.97 Å². The lowest BCUT2D eigenvalue weighted by atomic mass is 10.2. The Morgan fingerprint density at radius 2 is 1.52 bits per heavy atom. The molecule has 0 bridgehead atoms. The summed E-state index contributed by atoms with van der Waals surface area (Å²) in [6.07, 6.45) is 4.17. The van der Waals surface area contributed by atoms with Crippen molar-refractivity contribution in [2.24, 2.45) is 0 Å². The minimum Gasteiger partial charge on any atom is -0.323 e. The van der Waals surface area contributed by atoms with Crippen LogP contribution in [0.2, 0.25) is 0 Å². The molecule has 9 heteroatoms. The molecule has 0 unspecified atom stereocenters. The number of benzene rings is 2. The van der Waals surface area contributed by atoms with Crippen molar-refractivity contribution in [2.75, 3.05) is 16.3 Å². The van der Waals surface area contributed by atoms with E-state index < -0.39 is 10.0 Å². The minimum atomic E-state index is -3.32. The van der Waals surface area contributed by atoms with E-state index >= 15 is 0 Å². The smallest absolute Gasteiger partial charge is 0.248 e. The minimum absolute atomic E-state index is 0.267. The monoisotopic (exact) mass is 454 g/mol. The van der Waals surface area contributed by atoms with Crippen LogP contribution in [0.25, 0.3) is 6.08 Å². The first kappa shape index (κ1) is 22.5. The highest BCUT2D eigenvalue weighted by atomic mass is 32.2. The number of carbonyl (C=O) groups is 1. The number of sulfonamides is 1. The summed E-state index contributed by atoms with van der Waals surface area (Å²) < 4.78 is 24.8. The summed E-state index contributed by atoms with van der Waals surface area (Å²) in [5.41, 5.74) is 3.76. The standard InChI is InChI=1S/C22H22N4O3S2/c1-15-14-16(2)24-22(23-15)30-20-11-9-18(10-12-20)25-21(27)13-6-17-4-7-19(8-5-17)26-31(3,28)29/h4-14,26H,1-3H3,(H,25,27)/b13-6+. The predicted molar refractivity (Wildman–Crippen MR) is 125 cm³/mol. The van der Waals surface area contributed by atoms with Gasteiger partial charge in [0.15, 0.2) is 5.16 Å². The second kappa shape index (κ2) is 9.76. The molecule has 0 spiro atoms. The van der Waals surface area contributed by atoms with Crippen molar-refractivity contribution in [3.8, 4) is 0 Å². The second-order valence-electron chi connectivity index (χ2n) is 6.88. The average molecular weight is 455 g/mol. The number of carbonyl (C=O) groups excluding carboxylic acids is 1. The molecule has 0 saturated carbocycles. The Balaban J connectivity index is 1.56. The third-order valence-corrected chi connectivity index (χ3v) is 5.41. The quantitative estimate of drug-likeness (QED) is 0.408. The van der Waals surface area contributed by atoms with Crippen LogP contribution in [0.3, 0.4) is 0 Å². The van der Waals surface area contributed by atoms with Crippen molar-refractivity contribution in [1.29, 1.82) is 0 Å². The van der Waals surface area contributed by atoms with Crippen LogP contribution in [0.1, 0.15) is 17.0 Å². The van der Waals surface area contributed by atoms with Crippen LogP contribution in [0.4, 0.5) is 11.4 Å². The van der Waals surface area contributed by atoms with Gasteiger partial charge < -0.3 is 5.32 Å². The van der Waals surface area contributed by atoms with Gasteiger partial charge in [-0.3, -0.25) is 9.52 Å². The van der Waals surface area contributed by atoms with Crippen LogP contribution in [0, 0.1) is 13.8 Å². The molecule has 3 aromatic rings. The number of amides is 1. The molecule has 0 fully saturated rings. The molecule has 0 aliphatic heterocycles. The summed E-state index contributed by atoms with van der Waals surface area (Å²) in [7, 11) is -3.32. The van der Waals surface area contributed by atoms with E-state index in [4.69, 9.17) is 0 Å². The van der Waals surface area contributed by atoms with E-state index in [1.54, 1.807) is 30.3 Å². The molecule has 2 N–H and O–H groups in total. The van der Waals surface area contributed by atoms with Gasteiger partial charge in [0.25, 0.3) is 0 Å². The van der Waals surface area contributed by atoms with Crippen molar-refractivity contribution < 1.29 is 13.2 Å². The highest BCUT2D eigenvalue weighted by molar-refractivity contribution is 7.99. The van der Waals surface area contributed by atoms with Gasteiger partial charge in [0.2, 0.25) is 15.9 Å². The van der Waals surface area contributed by atoms with Crippen LogP contribution in [0.5, 0.6) is 0 Å². The van der Waals surface area contributed by atoms with E-state index in [-0.39, 0.29) is 5.91 Å². The summed E-state index contributed by atoms with van der Waals surface area (Å²) in [5.74, 6) is -0.267. The zero-order valence-electron chi connectivity index (χ0n) is 17.3. The van der Waals surface area contributed by atoms with Crippen LogP contribution < -0.4 is 10.0 Å². The first-order chi connectivity index (χ1) is 14.7. The number of rotatable bonds is 7. The van der Waals surface area contributed by atoms with Gasteiger partial charge in [-0.15, -0.1) is 0 Å². The number of aromatic nitrogens is 2. The number of hydrogen-bond donors (Lipinski definition) is 2. The van der Waals surface area contributed by atoms with Crippen molar-refractivity contribution in [3.63, 3.8) is 0 Å². The van der Waals surface area contributed by atoms with Gasteiger partial charge in [0.05, 0.1) is 6.26 Å². The lowest BCUT2D eigenvalue weighted by Crippen LogP contribution is -2.09. The third kappa shape index (κ3) is 7.54. The first-order valence-corrected chi connectivity index (χ1v) is 12.0. The Bertz CT molecular complexity index is 1190. The maximum atomic E-state index is 12.2. The molecule has 0 aliphatic rings.